The van der Waals surface area contributed by atoms with Crippen molar-refractivity contribution in [2.24, 2.45) is 0 Å². The van der Waals surface area contributed by atoms with E-state index in [-0.39, 0.29) is 11.8 Å². The molecule has 0 amide bonds. The van der Waals surface area contributed by atoms with Crippen LogP contribution in [0.1, 0.15) is 23.7 Å². The third kappa shape index (κ3) is 1.61. The molecule has 1 aliphatic heterocycles. The van der Waals surface area contributed by atoms with E-state index in [9.17, 15) is 4.79 Å². The second-order valence-electron chi connectivity index (χ2n) is 3.36. The maximum atomic E-state index is 11.6. The molecule has 0 bridgehead atoms. The largest absolute Gasteiger partial charge is 0.382 e. The van der Waals surface area contributed by atoms with E-state index < -0.39 is 0 Å². The van der Waals surface area contributed by atoms with Gasteiger partial charge in [0.25, 0.3) is 0 Å². The zero-order chi connectivity index (χ0) is 9.42. The van der Waals surface area contributed by atoms with Crippen LogP contribution in [0, 0.1) is 0 Å². The van der Waals surface area contributed by atoms with Gasteiger partial charge in [-0.05, 0) is 25.1 Å². The second-order valence-corrected chi connectivity index (χ2v) is 4.28. The Morgan fingerprint density at radius 2 is 2.31 bits per heavy atom. The summed E-state index contributed by atoms with van der Waals surface area (Å²) in [5, 5.41) is 3.28. The van der Waals surface area contributed by atoms with Crippen LogP contribution in [0.5, 0.6) is 0 Å². The van der Waals surface area contributed by atoms with Crippen LogP contribution in [0.3, 0.4) is 0 Å². The van der Waals surface area contributed by atoms with Crippen molar-refractivity contribution in [3.63, 3.8) is 0 Å². The molecule has 1 aliphatic rings. The first-order valence-corrected chi connectivity index (χ1v) is 5.05. The van der Waals surface area contributed by atoms with Gasteiger partial charge in [-0.2, -0.15) is 0 Å². The fourth-order valence-electron chi connectivity index (χ4n) is 1.58. The quantitative estimate of drug-likeness (QED) is 0.755. The fraction of sp³-hybridized carbons (Fsp3) is 0.300. The number of carbonyl (C=O) groups excluding carboxylic acids is 1. The molecule has 2 rings (SSSR count). The van der Waals surface area contributed by atoms with Crippen LogP contribution in [-0.4, -0.2) is 11.8 Å². The molecule has 1 atom stereocenters. The van der Waals surface area contributed by atoms with Crippen LogP contribution in [0.25, 0.3) is 0 Å². The van der Waals surface area contributed by atoms with E-state index in [1.54, 1.807) is 0 Å². The van der Waals surface area contributed by atoms with Gasteiger partial charge in [0.05, 0.1) is 0 Å². The molecule has 0 spiro atoms. The number of ketones is 1. The lowest BCUT2D eigenvalue weighted by molar-refractivity contribution is 0.0974. The maximum Gasteiger partial charge on any atom is 0.167 e. The van der Waals surface area contributed by atoms with Gasteiger partial charge in [-0.15, -0.1) is 0 Å². The van der Waals surface area contributed by atoms with Crippen LogP contribution >= 0.6 is 15.9 Å². The minimum absolute atomic E-state index is 0.225. The SMILES string of the molecule is CC1CC(=O)c2cc(Br)ccc2N1. The average molecular weight is 240 g/mol. The predicted octanol–water partition coefficient (Wildman–Crippen LogP) is 2.84. The summed E-state index contributed by atoms with van der Waals surface area (Å²) in [4.78, 5) is 11.6. The summed E-state index contributed by atoms with van der Waals surface area (Å²) in [6, 6.07) is 6.00. The molecule has 1 aromatic carbocycles. The molecule has 0 aromatic heterocycles. The molecule has 1 unspecified atom stereocenters. The zero-order valence-electron chi connectivity index (χ0n) is 7.30. The Morgan fingerprint density at radius 1 is 1.54 bits per heavy atom. The molecule has 13 heavy (non-hydrogen) atoms. The van der Waals surface area contributed by atoms with E-state index in [4.69, 9.17) is 0 Å². The molecule has 0 radical (unpaired) electrons. The topological polar surface area (TPSA) is 29.1 Å². The Kier molecular flexibility index (Phi) is 2.12. The van der Waals surface area contributed by atoms with E-state index in [0.717, 1.165) is 15.7 Å². The molecule has 2 nitrogen and oxygen atoms in total. The van der Waals surface area contributed by atoms with Crippen molar-refractivity contribution in [1.82, 2.24) is 0 Å². The van der Waals surface area contributed by atoms with Gasteiger partial charge in [-0.1, -0.05) is 15.9 Å². The molecule has 0 saturated heterocycles. The van der Waals surface area contributed by atoms with Gasteiger partial charge in [0, 0.05) is 28.2 Å². The van der Waals surface area contributed by atoms with Gasteiger partial charge in [0.2, 0.25) is 0 Å². The third-order valence-electron chi connectivity index (χ3n) is 2.18. The summed E-state index contributed by atoms with van der Waals surface area (Å²) >= 11 is 3.35. The van der Waals surface area contributed by atoms with Crippen molar-refractivity contribution in [3.8, 4) is 0 Å². The highest BCUT2D eigenvalue weighted by Crippen LogP contribution is 2.27. The van der Waals surface area contributed by atoms with Crippen LogP contribution in [0.15, 0.2) is 22.7 Å². The summed E-state index contributed by atoms with van der Waals surface area (Å²) < 4.78 is 0.955. The third-order valence-corrected chi connectivity index (χ3v) is 2.67. The van der Waals surface area contributed by atoms with E-state index in [1.165, 1.54) is 0 Å². The monoisotopic (exact) mass is 239 g/mol. The van der Waals surface area contributed by atoms with Gasteiger partial charge in [-0.3, -0.25) is 4.79 Å². The van der Waals surface area contributed by atoms with Gasteiger partial charge in [-0.25, -0.2) is 0 Å². The lowest BCUT2D eigenvalue weighted by Gasteiger charge is -2.22. The number of fused-ring (bicyclic) bond motifs is 1. The Morgan fingerprint density at radius 3 is 3.08 bits per heavy atom. The first-order valence-electron chi connectivity index (χ1n) is 4.26. The molecule has 0 aliphatic carbocycles. The zero-order valence-corrected chi connectivity index (χ0v) is 8.89. The summed E-state index contributed by atoms with van der Waals surface area (Å²) in [5.41, 5.74) is 1.75. The number of benzene rings is 1. The highest BCUT2D eigenvalue weighted by Gasteiger charge is 2.21. The molecule has 68 valence electrons. The number of Topliss-reactive ketones (excluding diaryl/α,β-unsaturated/α-hetero) is 1. The molecule has 1 aromatic rings. The van der Waals surface area contributed by atoms with Gasteiger partial charge >= 0.3 is 0 Å². The van der Waals surface area contributed by atoms with E-state index in [1.807, 2.05) is 25.1 Å². The summed E-state index contributed by atoms with van der Waals surface area (Å²) in [6.07, 6.45) is 0.587. The van der Waals surface area contributed by atoms with Crippen LogP contribution in [-0.2, 0) is 0 Å². The van der Waals surface area contributed by atoms with Gasteiger partial charge in [0.15, 0.2) is 5.78 Å². The molecule has 1 heterocycles. The molecule has 3 heteroatoms. The maximum absolute atomic E-state index is 11.6. The van der Waals surface area contributed by atoms with Crippen molar-refractivity contribution in [1.29, 1.82) is 0 Å². The van der Waals surface area contributed by atoms with E-state index >= 15 is 0 Å². The van der Waals surface area contributed by atoms with Crippen molar-refractivity contribution < 1.29 is 4.79 Å². The number of carbonyl (C=O) groups is 1. The standard InChI is InChI=1S/C10H10BrNO/c1-6-4-10(13)8-5-7(11)2-3-9(8)12-6/h2-3,5-6,12H,4H2,1H3. The molecular formula is C10H10BrNO. The number of halogens is 1. The highest BCUT2D eigenvalue weighted by molar-refractivity contribution is 9.10. The molecular weight excluding hydrogens is 230 g/mol. The number of nitrogens with one attached hydrogen (secondary N) is 1. The molecule has 0 fully saturated rings. The Bertz CT molecular complexity index is 362. The van der Waals surface area contributed by atoms with Crippen molar-refractivity contribution in [2.45, 2.75) is 19.4 Å². The van der Waals surface area contributed by atoms with Crippen LogP contribution < -0.4 is 5.32 Å². The minimum Gasteiger partial charge on any atom is -0.382 e. The minimum atomic E-state index is 0.225. The predicted molar refractivity (Wildman–Crippen MR) is 56.2 cm³/mol. The Labute approximate surface area is 85.5 Å². The first-order chi connectivity index (χ1) is 6.16. The van der Waals surface area contributed by atoms with Crippen molar-refractivity contribution in [3.05, 3.63) is 28.2 Å². The van der Waals surface area contributed by atoms with Crippen molar-refractivity contribution >= 4 is 27.4 Å². The Hall–Kier alpha value is -0.830. The number of hydrogen-bond donors (Lipinski definition) is 1. The number of anilines is 1. The van der Waals surface area contributed by atoms with Gasteiger partial charge < -0.3 is 5.32 Å². The van der Waals surface area contributed by atoms with Gasteiger partial charge in [0.1, 0.15) is 0 Å². The lowest BCUT2D eigenvalue weighted by atomic mass is 9.98. The summed E-state index contributed by atoms with van der Waals surface area (Å²) in [7, 11) is 0. The lowest BCUT2D eigenvalue weighted by Crippen LogP contribution is -2.26. The molecule has 0 saturated carbocycles. The highest BCUT2D eigenvalue weighted by atomic mass is 79.9. The van der Waals surface area contributed by atoms with Crippen LogP contribution in [0.2, 0.25) is 0 Å². The summed E-state index contributed by atoms with van der Waals surface area (Å²) in [5.74, 6) is 0.225. The van der Waals surface area contributed by atoms with Crippen LogP contribution in [0.4, 0.5) is 5.69 Å². The normalized spacial score (nSPS) is 20.8. The smallest absolute Gasteiger partial charge is 0.167 e. The fourth-order valence-corrected chi connectivity index (χ4v) is 1.94. The number of hydrogen-bond acceptors (Lipinski definition) is 2. The molecule has 1 N–H and O–H groups in total. The Balaban J connectivity index is 2.49. The number of rotatable bonds is 0. The first kappa shape index (κ1) is 8.75. The van der Waals surface area contributed by atoms with E-state index in [2.05, 4.69) is 21.2 Å². The summed E-state index contributed by atoms with van der Waals surface area (Å²) in [6.45, 7) is 2.02. The van der Waals surface area contributed by atoms with Crippen molar-refractivity contribution in [2.75, 3.05) is 5.32 Å². The average Bonchev–Trinajstić information content (AvgIpc) is 2.06. The second kappa shape index (κ2) is 3.14. The van der Waals surface area contributed by atoms with E-state index in [0.29, 0.717) is 6.42 Å².